The summed E-state index contributed by atoms with van der Waals surface area (Å²) in [5.41, 5.74) is 6.96. The van der Waals surface area contributed by atoms with E-state index in [0.717, 1.165) is 27.1 Å². The number of carbonyl (C=O) groups is 1. The van der Waals surface area contributed by atoms with Crippen LogP contribution in [0.3, 0.4) is 0 Å². The minimum Gasteiger partial charge on any atom is -0.481 e. The standard InChI is InChI=1S/C17H15NO2/c18-16(10-17(19)20)15-9-11-5-1-2-6-12(11)13-7-3-4-8-14(13)15/h1-9,16H,10,18H2,(H,19,20). The molecule has 3 nitrogen and oxygen atoms in total. The summed E-state index contributed by atoms with van der Waals surface area (Å²) >= 11 is 0. The highest BCUT2D eigenvalue weighted by Crippen LogP contribution is 2.32. The first-order valence-electron chi connectivity index (χ1n) is 6.54. The van der Waals surface area contributed by atoms with E-state index >= 15 is 0 Å². The van der Waals surface area contributed by atoms with Crippen LogP contribution in [-0.2, 0) is 4.79 Å². The number of fused-ring (bicyclic) bond motifs is 3. The van der Waals surface area contributed by atoms with Crippen LogP contribution in [0.2, 0.25) is 0 Å². The zero-order valence-corrected chi connectivity index (χ0v) is 10.9. The SMILES string of the molecule is NC(CC(=O)O)c1cc2ccccc2c2ccccc12. The summed E-state index contributed by atoms with van der Waals surface area (Å²) in [7, 11) is 0. The molecule has 1 atom stereocenters. The van der Waals surface area contributed by atoms with Crippen LogP contribution in [0.5, 0.6) is 0 Å². The molecule has 3 N–H and O–H groups in total. The molecular weight excluding hydrogens is 250 g/mol. The summed E-state index contributed by atoms with van der Waals surface area (Å²) in [5.74, 6) is -0.880. The van der Waals surface area contributed by atoms with Gasteiger partial charge in [0.1, 0.15) is 0 Å². The third-order valence-electron chi connectivity index (χ3n) is 3.59. The summed E-state index contributed by atoms with van der Waals surface area (Å²) in [4.78, 5) is 10.9. The van der Waals surface area contributed by atoms with Crippen molar-refractivity contribution in [1.82, 2.24) is 0 Å². The van der Waals surface area contributed by atoms with Gasteiger partial charge in [-0.2, -0.15) is 0 Å². The van der Waals surface area contributed by atoms with Gasteiger partial charge in [0.25, 0.3) is 0 Å². The van der Waals surface area contributed by atoms with Gasteiger partial charge in [-0.15, -0.1) is 0 Å². The van der Waals surface area contributed by atoms with Gasteiger partial charge in [0.15, 0.2) is 0 Å². The van der Waals surface area contributed by atoms with E-state index in [-0.39, 0.29) is 6.42 Å². The molecule has 0 aromatic heterocycles. The molecule has 3 heteroatoms. The van der Waals surface area contributed by atoms with Gasteiger partial charge in [-0.05, 0) is 33.2 Å². The van der Waals surface area contributed by atoms with Gasteiger partial charge in [0, 0.05) is 6.04 Å². The molecule has 0 saturated heterocycles. The highest BCUT2D eigenvalue weighted by atomic mass is 16.4. The fourth-order valence-electron chi connectivity index (χ4n) is 2.69. The number of carboxylic acid groups (broad SMARTS) is 1. The van der Waals surface area contributed by atoms with Gasteiger partial charge in [-0.1, -0.05) is 48.5 Å². The molecule has 0 saturated carbocycles. The van der Waals surface area contributed by atoms with Gasteiger partial charge in [0.05, 0.1) is 6.42 Å². The first-order valence-corrected chi connectivity index (χ1v) is 6.54. The smallest absolute Gasteiger partial charge is 0.305 e. The lowest BCUT2D eigenvalue weighted by Crippen LogP contribution is -2.15. The van der Waals surface area contributed by atoms with Crippen molar-refractivity contribution in [3.8, 4) is 0 Å². The molecule has 0 spiro atoms. The number of rotatable bonds is 3. The number of aliphatic carboxylic acids is 1. The third kappa shape index (κ3) is 2.12. The van der Waals surface area contributed by atoms with E-state index in [0.29, 0.717) is 0 Å². The summed E-state index contributed by atoms with van der Waals surface area (Å²) < 4.78 is 0. The Labute approximate surface area is 116 Å². The maximum Gasteiger partial charge on any atom is 0.305 e. The number of benzene rings is 3. The second kappa shape index (κ2) is 4.94. The van der Waals surface area contributed by atoms with Crippen LogP contribution in [0.1, 0.15) is 18.0 Å². The molecule has 0 heterocycles. The zero-order chi connectivity index (χ0) is 14.1. The molecule has 100 valence electrons. The minimum absolute atomic E-state index is 0.0671. The van der Waals surface area contributed by atoms with Crippen molar-refractivity contribution >= 4 is 27.5 Å². The quantitative estimate of drug-likeness (QED) is 0.713. The summed E-state index contributed by atoms with van der Waals surface area (Å²) in [5, 5.41) is 13.3. The van der Waals surface area contributed by atoms with Crippen LogP contribution in [-0.4, -0.2) is 11.1 Å². The molecule has 0 aliphatic heterocycles. The lowest BCUT2D eigenvalue weighted by Gasteiger charge is -2.15. The monoisotopic (exact) mass is 265 g/mol. The average molecular weight is 265 g/mol. The van der Waals surface area contributed by atoms with E-state index in [9.17, 15) is 4.79 Å². The van der Waals surface area contributed by atoms with Crippen molar-refractivity contribution in [2.45, 2.75) is 12.5 Å². The first kappa shape index (κ1) is 12.6. The van der Waals surface area contributed by atoms with Crippen molar-refractivity contribution in [2.24, 2.45) is 5.73 Å². The van der Waals surface area contributed by atoms with Gasteiger partial charge >= 0.3 is 5.97 Å². The topological polar surface area (TPSA) is 63.3 Å². The largest absolute Gasteiger partial charge is 0.481 e. The molecule has 0 bridgehead atoms. The van der Waals surface area contributed by atoms with Crippen LogP contribution >= 0.6 is 0 Å². The van der Waals surface area contributed by atoms with Crippen molar-refractivity contribution in [3.63, 3.8) is 0 Å². The van der Waals surface area contributed by atoms with Crippen LogP contribution in [0.15, 0.2) is 54.6 Å². The number of hydrogen-bond acceptors (Lipinski definition) is 2. The number of nitrogens with two attached hydrogens (primary N) is 1. The molecular formula is C17H15NO2. The fourth-order valence-corrected chi connectivity index (χ4v) is 2.69. The van der Waals surface area contributed by atoms with E-state index < -0.39 is 12.0 Å². The van der Waals surface area contributed by atoms with Crippen LogP contribution in [0, 0.1) is 0 Å². The van der Waals surface area contributed by atoms with Crippen LogP contribution in [0.25, 0.3) is 21.5 Å². The Hall–Kier alpha value is -2.39. The van der Waals surface area contributed by atoms with Gasteiger partial charge in [-0.25, -0.2) is 0 Å². The molecule has 0 radical (unpaired) electrons. The Bertz CT molecular complexity index is 795. The Morgan fingerprint density at radius 1 is 1.00 bits per heavy atom. The van der Waals surface area contributed by atoms with E-state index in [1.54, 1.807) is 0 Å². The molecule has 0 aliphatic carbocycles. The average Bonchev–Trinajstić information content (AvgIpc) is 2.45. The number of hydrogen-bond donors (Lipinski definition) is 2. The molecule has 0 aliphatic rings. The minimum atomic E-state index is -0.880. The van der Waals surface area contributed by atoms with E-state index in [1.165, 1.54) is 0 Å². The maximum atomic E-state index is 10.9. The van der Waals surface area contributed by atoms with Crippen LogP contribution in [0.4, 0.5) is 0 Å². The summed E-state index contributed by atoms with van der Waals surface area (Å²) in [6.07, 6.45) is -0.0671. The molecule has 20 heavy (non-hydrogen) atoms. The first-order chi connectivity index (χ1) is 9.66. The van der Waals surface area contributed by atoms with Crippen molar-refractivity contribution in [3.05, 3.63) is 60.2 Å². The fraction of sp³-hybridized carbons (Fsp3) is 0.118. The number of carboxylic acids is 1. The van der Waals surface area contributed by atoms with Crippen molar-refractivity contribution in [2.75, 3.05) is 0 Å². The Kier molecular flexibility index (Phi) is 3.12. The highest BCUT2D eigenvalue weighted by molar-refractivity contribution is 6.09. The predicted molar refractivity (Wildman–Crippen MR) is 80.6 cm³/mol. The lowest BCUT2D eigenvalue weighted by atomic mass is 9.93. The zero-order valence-electron chi connectivity index (χ0n) is 10.9. The molecule has 3 rings (SSSR count). The second-order valence-electron chi connectivity index (χ2n) is 4.94. The van der Waals surface area contributed by atoms with Crippen LogP contribution < -0.4 is 5.73 Å². The van der Waals surface area contributed by atoms with Gasteiger partial charge in [0.2, 0.25) is 0 Å². The molecule has 3 aromatic carbocycles. The molecule has 0 fully saturated rings. The van der Waals surface area contributed by atoms with E-state index in [2.05, 4.69) is 12.1 Å². The maximum absolute atomic E-state index is 10.9. The Morgan fingerprint density at radius 3 is 2.30 bits per heavy atom. The molecule has 3 aromatic rings. The normalized spacial score (nSPS) is 12.7. The lowest BCUT2D eigenvalue weighted by molar-refractivity contribution is -0.137. The third-order valence-corrected chi connectivity index (χ3v) is 3.59. The Balaban J connectivity index is 2.31. The van der Waals surface area contributed by atoms with E-state index in [1.807, 2.05) is 42.5 Å². The summed E-state index contributed by atoms with van der Waals surface area (Å²) in [6.45, 7) is 0. The van der Waals surface area contributed by atoms with Crippen molar-refractivity contribution < 1.29 is 9.90 Å². The van der Waals surface area contributed by atoms with Gasteiger partial charge < -0.3 is 10.8 Å². The van der Waals surface area contributed by atoms with E-state index in [4.69, 9.17) is 10.8 Å². The van der Waals surface area contributed by atoms with Gasteiger partial charge in [-0.3, -0.25) is 4.79 Å². The second-order valence-corrected chi connectivity index (χ2v) is 4.94. The predicted octanol–water partition coefficient (Wildman–Crippen LogP) is 3.47. The molecule has 0 amide bonds. The summed E-state index contributed by atoms with van der Waals surface area (Å²) in [6, 6.07) is 17.6. The van der Waals surface area contributed by atoms with Crippen molar-refractivity contribution in [1.29, 1.82) is 0 Å². The highest BCUT2D eigenvalue weighted by Gasteiger charge is 2.15. The Morgan fingerprint density at radius 2 is 1.60 bits per heavy atom. The molecule has 1 unspecified atom stereocenters.